The number of amides is 1. The number of primary amides is 1. The Hall–Kier alpha value is -2.10. The van der Waals surface area contributed by atoms with Crippen molar-refractivity contribution in [3.63, 3.8) is 0 Å². The van der Waals surface area contributed by atoms with Crippen LogP contribution in [0.15, 0.2) is 30.5 Å². The topological polar surface area (TPSA) is 60.9 Å². The fourth-order valence-electron chi connectivity index (χ4n) is 1.34. The van der Waals surface area contributed by atoms with Crippen molar-refractivity contribution in [1.82, 2.24) is 9.78 Å². The number of rotatable bonds is 2. The number of nitrogens with two attached hydrogens (primary N) is 1. The third kappa shape index (κ3) is 1.74. The predicted octanol–water partition coefficient (Wildman–Crippen LogP) is 1.08. The molecule has 1 radical (unpaired) electrons. The SMILES string of the molecule is Cc1ccnn1-c1c[c]c(C(N)=O)cc1. The summed E-state index contributed by atoms with van der Waals surface area (Å²) in [6.45, 7) is 1.95. The third-order valence-corrected chi connectivity index (χ3v) is 2.14. The first-order valence-corrected chi connectivity index (χ1v) is 4.51. The molecule has 2 aromatic rings. The van der Waals surface area contributed by atoms with Gasteiger partial charge in [-0.2, -0.15) is 5.10 Å². The molecule has 75 valence electrons. The molecule has 1 heterocycles. The molecule has 4 heteroatoms. The highest BCUT2D eigenvalue weighted by molar-refractivity contribution is 5.92. The lowest BCUT2D eigenvalue weighted by atomic mass is 10.2. The molecule has 2 rings (SSSR count). The van der Waals surface area contributed by atoms with Crippen LogP contribution in [0, 0.1) is 13.0 Å². The summed E-state index contributed by atoms with van der Waals surface area (Å²) >= 11 is 0. The van der Waals surface area contributed by atoms with Crippen molar-refractivity contribution in [2.75, 3.05) is 0 Å². The first kappa shape index (κ1) is 9.45. The van der Waals surface area contributed by atoms with Gasteiger partial charge in [-0.05, 0) is 37.3 Å². The minimum Gasteiger partial charge on any atom is -0.366 e. The highest BCUT2D eigenvalue weighted by Crippen LogP contribution is 2.10. The lowest BCUT2D eigenvalue weighted by Gasteiger charge is -2.03. The fraction of sp³-hybridized carbons (Fsp3) is 0.0909. The average Bonchev–Trinajstić information content (AvgIpc) is 2.65. The zero-order valence-electron chi connectivity index (χ0n) is 8.27. The summed E-state index contributed by atoms with van der Waals surface area (Å²) in [5.74, 6) is -0.473. The zero-order chi connectivity index (χ0) is 10.8. The molecule has 1 aromatic heterocycles. The molecule has 1 amide bonds. The average molecular weight is 200 g/mol. The van der Waals surface area contributed by atoms with Gasteiger partial charge in [0, 0.05) is 17.5 Å². The van der Waals surface area contributed by atoms with Gasteiger partial charge in [0.1, 0.15) is 0 Å². The Bertz CT molecular complexity index is 485. The van der Waals surface area contributed by atoms with E-state index in [1.165, 1.54) is 0 Å². The van der Waals surface area contributed by atoms with Crippen molar-refractivity contribution in [2.45, 2.75) is 6.92 Å². The molecule has 0 spiro atoms. The molecule has 0 saturated carbocycles. The number of nitrogens with zero attached hydrogens (tertiary/aromatic N) is 2. The van der Waals surface area contributed by atoms with E-state index in [1.807, 2.05) is 13.0 Å². The van der Waals surface area contributed by atoms with Crippen molar-refractivity contribution in [3.8, 4) is 5.69 Å². The van der Waals surface area contributed by atoms with Gasteiger partial charge in [-0.25, -0.2) is 4.68 Å². The number of carbonyl (C=O) groups excluding carboxylic acids is 1. The van der Waals surface area contributed by atoms with Crippen LogP contribution < -0.4 is 5.73 Å². The standard InChI is InChI=1S/C11H10N3O/c1-8-6-7-13-14(8)10-4-2-9(3-5-10)11(12)15/h2,4-7H,1H3,(H2,12,15). The van der Waals surface area contributed by atoms with E-state index in [1.54, 1.807) is 29.1 Å². The van der Waals surface area contributed by atoms with Crippen LogP contribution in [-0.4, -0.2) is 15.7 Å². The van der Waals surface area contributed by atoms with Crippen molar-refractivity contribution >= 4 is 5.91 Å². The minimum atomic E-state index is -0.473. The van der Waals surface area contributed by atoms with Gasteiger partial charge in [-0.15, -0.1) is 0 Å². The smallest absolute Gasteiger partial charge is 0.249 e. The summed E-state index contributed by atoms with van der Waals surface area (Å²) in [6.07, 6.45) is 1.72. The van der Waals surface area contributed by atoms with Crippen LogP contribution in [0.5, 0.6) is 0 Å². The number of benzene rings is 1. The quantitative estimate of drug-likeness (QED) is 0.788. The number of carbonyl (C=O) groups is 1. The Morgan fingerprint density at radius 1 is 1.47 bits per heavy atom. The Morgan fingerprint density at radius 3 is 2.73 bits per heavy atom. The van der Waals surface area contributed by atoms with E-state index in [2.05, 4.69) is 11.2 Å². The first-order chi connectivity index (χ1) is 7.18. The maximum atomic E-state index is 10.8. The normalized spacial score (nSPS) is 10.2. The van der Waals surface area contributed by atoms with E-state index in [0.717, 1.165) is 11.4 Å². The van der Waals surface area contributed by atoms with Crippen molar-refractivity contribution in [3.05, 3.63) is 47.8 Å². The van der Waals surface area contributed by atoms with Gasteiger partial charge in [0.2, 0.25) is 5.91 Å². The van der Waals surface area contributed by atoms with E-state index < -0.39 is 5.91 Å². The van der Waals surface area contributed by atoms with E-state index in [-0.39, 0.29) is 0 Å². The van der Waals surface area contributed by atoms with E-state index in [9.17, 15) is 4.79 Å². The van der Waals surface area contributed by atoms with Crippen molar-refractivity contribution in [2.24, 2.45) is 5.73 Å². The summed E-state index contributed by atoms with van der Waals surface area (Å²) in [5.41, 5.74) is 7.38. The summed E-state index contributed by atoms with van der Waals surface area (Å²) < 4.78 is 1.77. The van der Waals surface area contributed by atoms with Crippen LogP contribution in [0.3, 0.4) is 0 Å². The number of hydrogen-bond acceptors (Lipinski definition) is 2. The maximum Gasteiger partial charge on any atom is 0.249 e. The predicted molar refractivity (Wildman–Crippen MR) is 55.7 cm³/mol. The monoisotopic (exact) mass is 200 g/mol. The van der Waals surface area contributed by atoms with Gasteiger partial charge in [0.25, 0.3) is 0 Å². The third-order valence-electron chi connectivity index (χ3n) is 2.14. The van der Waals surface area contributed by atoms with Crippen LogP contribution in [0.4, 0.5) is 0 Å². The molecule has 0 bridgehead atoms. The minimum absolute atomic E-state index is 0.378. The number of aryl methyl sites for hydroxylation is 1. The molecule has 0 unspecified atom stereocenters. The largest absolute Gasteiger partial charge is 0.366 e. The van der Waals surface area contributed by atoms with Gasteiger partial charge in [-0.1, -0.05) is 0 Å². The zero-order valence-corrected chi connectivity index (χ0v) is 8.27. The number of hydrogen-bond donors (Lipinski definition) is 1. The lowest BCUT2D eigenvalue weighted by Crippen LogP contribution is -2.11. The van der Waals surface area contributed by atoms with Gasteiger partial charge in [-0.3, -0.25) is 4.79 Å². The highest BCUT2D eigenvalue weighted by atomic mass is 16.1. The summed E-state index contributed by atoms with van der Waals surface area (Å²) in [7, 11) is 0. The Balaban J connectivity index is 2.40. The molecule has 1 aromatic carbocycles. The molecule has 15 heavy (non-hydrogen) atoms. The summed E-state index contributed by atoms with van der Waals surface area (Å²) in [4.78, 5) is 10.8. The van der Waals surface area contributed by atoms with Crippen LogP contribution in [-0.2, 0) is 0 Å². The molecule has 2 N–H and O–H groups in total. The molecular formula is C11H10N3O. The van der Waals surface area contributed by atoms with E-state index in [4.69, 9.17) is 5.73 Å². The fourth-order valence-corrected chi connectivity index (χ4v) is 1.34. The molecule has 0 aliphatic heterocycles. The molecule has 0 saturated heterocycles. The Kier molecular flexibility index (Phi) is 2.25. The molecule has 0 atom stereocenters. The second kappa shape index (κ2) is 3.57. The van der Waals surface area contributed by atoms with E-state index in [0.29, 0.717) is 5.56 Å². The number of aromatic nitrogens is 2. The van der Waals surface area contributed by atoms with Crippen LogP contribution >= 0.6 is 0 Å². The van der Waals surface area contributed by atoms with Crippen LogP contribution in [0.25, 0.3) is 5.69 Å². The highest BCUT2D eigenvalue weighted by Gasteiger charge is 2.03. The molecule has 4 nitrogen and oxygen atoms in total. The van der Waals surface area contributed by atoms with Gasteiger partial charge < -0.3 is 5.73 Å². The second-order valence-corrected chi connectivity index (χ2v) is 3.21. The Labute approximate surface area is 87.3 Å². The van der Waals surface area contributed by atoms with Crippen LogP contribution in [0.1, 0.15) is 16.1 Å². The van der Waals surface area contributed by atoms with Crippen molar-refractivity contribution in [1.29, 1.82) is 0 Å². The lowest BCUT2D eigenvalue weighted by molar-refractivity contribution is 0.1000. The van der Waals surface area contributed by atoms with Crippen LogP contribution in [0.2, 0.25) is 0 Å². The van der Waals surface area contributed by atoms with Crippen molar-refractivity contribution < 1.29 is 4.79 Å². The molecule has 0 fully saturated rings. The van der Waals surface area contributed by atoms with Gasteiger partial charge in [0.15, 0.2) is 0 Å². The molecule has 0 aliphatic rings. The first-order valence-electron chi connectivity index (χ1n) is 4.51. The summed E-state index contributed by atoms with van der Waals surface area (Å²) in [5, 5.41) is 4.14. The van der Waals surface area contributed by atoms with Gasteiger partial charge in [0.05, 0.1) is 5.69 Å². The van der Waals surface area contributed by atoms with Gasteiger partial charge >= 0.3 is 0 Å². The molecular weight excluding hydrogens is 190 g/mol. The molecule has 0 aliphatic carbocycles. The Morgan fingerprint density at radius 2 is 2.27 bits per heavy atom. The second-order valence-electron chi connectivity index (χ2n) is 3.21. The maximum absolute atomic E-state index is 10.8. The summed E-state index contributed by atoms with van der Waals surface area (Å²) in [6, 6.07) is 9.84. The van der Waals surface area contributed by atoms with E-state index >= 15 is 0 Å².